The van der Waals surface area contributed by atoms with E-state index in [1.165, 1.54) is 0 Å². The number of ether oxygens (including phenoxy) is 1. The van der Waals surface area contributed by atoms with Crippen molar-refractivity contribution >= 4 is 17.3 Å². The topological polar surface area (TPSA) is 68.2 Å². The first kappa shape index (κ1) is 12.5. The van der Waals surface area contributed by atoms with E-state index in [9.17, 15) is 4.79 Å². The number of benzene rings is 1. The summed E-state index contributed by atoms with van der Waals surface area (Å²) >= 11 is 0. The van der Waals surface area contributed by atoms with Crippen molar-refractivity contribution < 1.29 is 9.53 Å². The maximum atomic E-state index is 11.3. The van der Waals surface area contributed by atoms with Crippen LogP contribution < -0.4 is 15.4 Å². The summed E-state index contributed by atoms with van der Waals surface area (Å²) in [6.07, 6.45) is 1.79. The van der Waals surface area contributed by atoms with Crippen LogP contribution in [0.5, 0.6) is 5.75 Å². The Bertz CT molecular complexity index is 636. The average Bonchev–Trinajstić information content (AvgIpc) is 2.92. The molecule has 104 valence electrons. The lowest BCUT2D eigenvalue weighted by atomic mass is 10.2. The van der Waals surface area contributed by atoms with Gasteiger partial charge < -0.3 is 15.4 Å². The maximum absolute atomic E-state index is 11.3. The number of fused-ring (bicyclic) bond motifs is 1. The van der Waals surface area contributed by atoms with Gasteiger partial charge in [-0.25, -0.2) is 0 Å². The Morgan fingerprint density at radius 2 is 2.35 bits per heavy atom. The molecule has 0 fully saturated rings. The quantitative estimate of drug-likeness (QED) is 0.891. The zero-order valence-corrected chi connectivity index (χ0v) is 11.2. The number of anilines is 2. The van der Waals surface area contributed by atoms with Crippen LogP contribution in [0.4, 0.5) is 11.4 Å². The van der Waals surface area contributed by atoms with Crippen LogP contribution in [0, 0.1) is 0 Å². The van der Waals surface area contributed by atoms with Crippen LogP contribution in [0.1, 0.15) is 12.6 Å². The lowest BCUT2D eigenvalue weighted by Gasteiger charge is -2.19. The van der Waals surface area contributed by atoms with Crippen molar-refractivity contribution in [1.82, 2.24) is 9.78 Å². The fraction of sp³-hybridized carbons (Fsp3) is 0.286. The third-order valence-electron chi connectivity index (χ3n) is 3.19. The molecule has 1 aromatic heterocycles. The number of nitrogens with zero attached hydrogens (tertiary/aromatic N) is 2. The summed E-state index contributed by atoms with van der Waals surface area (Å²) in [6.45, 7) is 3.66. The molecule has 0 saturated heterocycles. The van der Waals surface area contributed by atoms with Gasteiger partial charge in [0, 0.05) is 18.4 Å². The normalized spacial score (nSPS) is 13.3. The van der Waals surface area contributed by atoms with Crippen LogP contribution >= 0.6 is 0 Å². The van der Waals surface area contributed by atoms with Gasteiger partial charge in [0.05, 0.1) is 17.9 Å². The molecule has 20 heavy (non-hydrogen) atoms. The van der Waals surface area contributed by atoms with Crippen molar-refractivity contribution in [3.8, 4) is 5.75 Å². The molecule has 2 heterocycles. The van der Waals surface area contributed by atoms with Gasteiger partial charge in [0.25, 0.3) is 5.91 Å². The van der Waals surface area contributed by atoms with Crippen LogP contribution in [-0.4, -0.2) is 22.3 Å². The van der Waals surface area contributed by atoms with E-state index in [0.29, 0.717) is 18.0 Å². The van der Waals surface area contributed by atoms with E-state index in [0.717, 1.165) is 17.9 Å². The van der Waals surface area contributed by atoms with Crippen molar-refractivity contribution in [2.45, 2.75) is 20.0 Å². The predicted octanol–water partition coefficient (Wildman–Crippen LogP) is 1.85. The molecule has 1 aromatic carbocycles. The van der Waals surface area contributed by atoms with Gasteiger partial charge in [0.15, 0.2) is 6.61 Å². The van der Waals surface area contributed by atoms with Crippen molar-refractivity contribution in [2.75, 3.05) is 17.2 Å². The van der Waals surface area contributed by atoms with Gasteiger partial charge in [-0.1, -0.05) is 0 Å². The SMILES string of the molecule is CCn1nccc1CNc1ccc2c(c1)NC(=O)CO2. The minimum atomic E-state index is -0.126. The summed E-state index contributed by atoms with van der Waals surface area (Å²) in [6, 6.07) is 7.65. The molecule has 3 rings (SSSR count). The minimum Gasteiger partial charge on any atom is -0.482 e. The Balaban J connectivity index is 1.72. The van der Waals surface area contributed by atoms with E-state index in [2.05, 4.69) is 22.7 Å². The maximum Gasteiger partial charge on any atom is 0.262 e. The van der Waals surface area contributed by atoms with E-state index < -0.39 is 0 Å². The van der Waals surface area contributed by atoms with Gasteiger partial charge in [0.1, 0.15) is 5.75 Å². The third kappa shape index (κ3) is 2.45. The van der Waals surface area contributed by atoms with Crippen LogP contribution in [0.15, 0.2) is 30.5 Å². The first-order chi connectivity index (χ1) is 9.76. The number of rotatable bonds is 4. The van der Waals surface area contributed by atoms with Crippen LogP contribution in [0.25, 0.3) is 0 Å². The smallest absolute Gasteiger partial charge is 0.262 e. The highest BCUT2D eigenvalue weighted by molar-refractivity contribution is 5.95. The number of hydrogen-bond donors (Lipinski definition) is 2. The first-order valence-corrected chi connectivity index (χ1v) is 6.57. The molecule has 0 radical (unpaired) electrons. The lowest BCUT2D eigenvalue weighted by molar-refractivity contribution is -0.118. The molecule has 0 saturated carbocycles. The summed E-state index contributed by atoms with van der Waals surface area (Å²) in [5.74, 6) is 0.576. The molecule has 2 aromatic rings. The fourth-order valence-electron chi connectivity index (χ4n) is 2.18. The van der Waals surface area contributed by atoms with E-state index >= 15 is 0 Å². The molecule has 1 aliphatic rings. The number of aryl methyl sites for hydroxylation is 1. The van der Waals surface area contributed by atoms with Crippen molar-refractivity contribution in [1.29, 1.82) is 0 Å². The molecule has 0 bridgehead atoms. The van der Waals surface area contributed by atoms with Gasteiger partial charge >= 0.3 is 0 Å². The van der Waals surface area contributed by atoms with E-state index in [1.807, 2.05) is 28.9 Å². The van der Waals surface area contributed by atoms with Crippen LogP contribution in [0.2, 0.25) is 0 Å². The molecule has 6 nitrogen and oxygen atoms in total. The molecule has 6 heteroatoms. The predicted molar refractivity (Wildman–Crippen MR) is 75.8 cm³/mol. The lowest BCUT2D eigenvalue weighted by Crippen LogP contribution is -2.25. The number of carbonyl (C=O) groups excluding carboxylic acids is 1. The van der Waals surface area contributed by atoms with Crippen molar-refractivity contribution in [2.24, 2.45) is 0 Å². The second kappa shape index (κ2) is 5.24. The second-order valence-corrected chi connectivity index (χ2v) is 4.54. The molecule has 0 atom stereocenters. The Morgan fingerprint density at radius 3 is 3.20 bits per heavy atom. The molecule has 2 N–H and O–H groups in total. The highest BCUT2D eigenvalue weighted by Gasteiger charge is 2.15. The Kier molecular flexibility index (Phi) is 3.28. The standard InChI is InChI=1S/C14H16N4O2/c1-2-18-11(5-6-16-18)8-15-10-3-4-13-12(7-10)17-14(19)9-20-13/h3-7,15H,2,8-9H2,1H3,(H,17,19). The van der Waals surface area contributed by atoms with Crippen LogP contribution in [-0.2, 0) is 17.9 Å². The summed E-state index contributed by atoms with van der Waals surface area (Å²) in [5.41, 5.74) is 2.75. The highest BCUT2D eigenvalue weighted by Crippen LogP contribution is 2.30. The van der Waals surface area contributed by atoms with Gasteiger partial charge in [-0.2, -0.15) is 5.10 Å². The van der Waals surface area contributed by atoms with Crippen molar-refractivity contribution in [3.63, 3.8) is 0 Å². The summed E-state index contributed by atoms with van der Waals surface area (Å²) < 4.78 is 7.26. The Labute approximate surface area is 116 Å². The molecule has 0 spiro atoms. The van der Waals surface area contributed by atoms with Gasteiger partial charge in [-0.15, -0.1) is 0 Å². The molecule has 0 aliphatic carbocycles. The van der Waals surface area contributed by atoms with E-state index in [1.54, 1.807) is 6.20 Å². The minimum absolute atomic E-state index is 0.0788. The average molecular weight is 272 g/mol. The number of carbonyl (C=O) groups is 1. The number of amides is 1. The summed E-state index contributed by atoms with van der Waals surface area (Å²) in [7, 11) is 0. The van der Waals surface area contributed by atoms with E-state index in [4.69, 9.17) is 4.74 Å². The Morgan fingerprint density at radius 1 is 1.45 bits per heavy atom. The second-order valence-electron chi connectivity index (χ2n) is 4.54. The summed E-state index contributed by atoms with van der Waals surface area (Å²) in [5, 5.41) is 10.3. The zero-order valence-electron chi connectivity index (χ0n) is 11.2. The molecular weight excluding hydrogens is 256 g/mol. The third-order valence-corrected chi connectivity index (χ3v) is 3.19. The number of hydrogen-bond acceptors (Lipinski definition) is 4. The van der Waals surface area contributed by atoms with Gasteiger partial charge in [-0.3, -0.25) is 9.48 Å². The monoisotopic (exact) mass is 272 g/mol. The van der Waals surface area contributed by atoms with Crippen molar-refractivity contribution in [3.05, 3.63) is 36.2 Å². The molecule has 0 unspecified atom stereocenters. The zero-order chi connectivity index (χ0) is 13.9. The molecular formula is C14H16N4O2. The first-order valence-electron chi connectivity index (χ1n) is 6.57. The van der Waals surface area contributed by atoms with E-state index in [-0.39, 0.29) is 12.5 Å². The van der Waals surface area contributed by atoms with Gasteiger partial charge in [-0.05, 0) is 31.2 Å². The molecule has 1 aliphatic heterocycles. The fourth-order valence-corrected chi connectivity index (χ4v) is 2.18. The number of aromatic nitrogens is 2. The van der Waals surface area contributed by atoms with Gasteiger partial charge in [0.2, 0.25) is 0 Å². The largest absolute Gasteiger partial charge is 0.482 e. The molecule has 1 amide bonds. The van der Waals surface area contributed by atoms with Crippen LogP contribution in [0.3, 0.4) is 0 Å². The number of nitrogens with one attached hydrogen (secondary N) is 2. The highest BCUT2D eigenvalue weighted by atomic mass is 16.5. The Hall–Kier alpha value is -2.50. The summed E-state index contributed by atoms with van der Waals surface area (Å²) in [4.78, 5) is 11.3.